The molecule has 0 atom stereocenters. The van der Waals surface area contributed by atoms with E-state index in [0.717, 1.165) is 98.6 Å². The van der Waals surface area contributed by atoms with Crippen molar-refractivity contribution in [2.45, 2.75) is 19.3 Å². The summed E-state index contributed by atoms with van der Waals surface area (Å²) in [6, 6.07) is 78.8. The Kier molecular flexibility index (Phi) is 7.88. The van der Waals surface area contributed by atoms with Crippen LogP contribution in [0.3, 0.4) is 0 Å². The van der Waals surface area contributed by atoms with Gasteiger partial charge in [0.2, 0.25) is 0 Å². The van der Waals surface area contributed by atoms with Crippen LogP contribution in [0.25, 0.3) is 121 Å². The van der Waals surface area contributed by atoms with Crippen molar-refractivity contribution in [3.8, 4) is 46.0 Å². The standard InChI is InChI=1S/C65H40N6/c1-65(2)51-27-11-3-19-39(51)47-36-60-48(35-52(47)65)46-26-10-18-34-59(46)71(60)62-50(38-67)49(37-66)61(68-53-28-12-4-20-40(53)41-21-5-13-29-54(41)68)63(69-55-30-14-6-22-42(55)43-23-7-15-31-56(43)69)64(62)70-57-32-16-8-24-44(57)45-25-9-17-33-58(45)70/h3-36H,1-2H3. The van der Waals surface area contributed by atoms with Gasteiger partial charge in [0.15, 0.2) is 0 Å². The maximum Gasteiger partial charge on any atom is 0.103 e. The maximum absolute atomic E-state index is 12.2. The van der Waals surface area contributed by atoms with Crippen molar-refractivity contribution >= 4 is 87.2 Å². The first kappa shape index (κ1) is 39.4. The van der Waals surface area contributed by atoms with E-state index in [4.69, 9.17) is 0 Å². The zero-order valence-corrected chi connectivity index (χ0v) is 38.8. The largest absolute Gasteiger partial charge is 0.306 e. The molecule has 4 aromatic heterocycles. The third-order valence-corrected chi connectivity index (χ3v) is 15.6. The van der Waals surface area contributed by atoms with E-state index in [1.807, 2.05) is 0 Å². The molecule has 1 aliphatic carbocycles. The van der Waals surface area contributed by atoms with E-state index < -0.39 is 0 Å². The molecule has 330 valence electrons. The molecule has 0 fully saturated rings. The highest BCUT2D eigenvalue weighted by atomic mass is 15.1. The van der Waals surface area contributed by atoms with E-state index in [-0.39, 0.29) is 16.5 Å². The first-order valence-electron chi connectivity index (χ1n) is 24.2. The maximum atomic E-state index is 12.2. The second-order valence-corrected chi connectivity index (χ2v) is 19.4. The number of aromatic nitrogens is 4. The van der Waals surface area contributed by atoms with Gasteiger partial charge >= 0.3 is 0 Å². The molecule has 1 aliphatic rings. The molecule has 6 nitrogen and oxygen atoms in total. The second-order valence-electron chi connectivity index (χ2n) is 19.4. The van der Waals surface area contributed by atoms with Crippen LogP contribution in [-0.4, -0.2) is 18.3 Å². The van der Waals surface area contributed by atoms with E-state index in [9.17, 15) is 10.5 Å². The Balaban J connectivity index is 1.27. The van der Waals surface area contributed by atoms with Gasteiger partial charge < -0.3 is 18.3 Å². The average Bonchev–Trinajstić information content (AvgIpc) is 4.19. The normalized spacial score (nSPS) is 13.0. The van der Waals surface area contributed by atoms with Crippen molar-refractivity contribution in [3.05, 3.63) is 229 Å². The molecule has 15 rings (SSSR count). The zero-order chi connectivity index (χ0) is 47.3. The Bertz CT molecular complexity index is 4600. The molecule has 10 aromatic carbocycles. The molecule has 0 bridgehead atoms. The average molecular weight is 905 g/mol. The van der Waals surface area contributed by atoms with Gasteiger partial charge in [-0.25, -0.2) is 0 Å². The van der Waals surface area contributed by atoms with Crippen molar-refractivity contribution in [3.63, 3.8) is 0 Å². The minimum absolute atomic E-state index is 0.239. The summed E-state index contributed by atoms with van der Waals surface area (Å²) in [5, 5.41) is 33.0. The lowest BCUT2D eigenvalue weighted by molar-refractivity contribution is 0.661. The lowest BCUT2D eigenvalue weighted by Crippen LogP contribution is -2.17. The van der Waals surface area contributed by atoms with Gasteiger partial charge in [0.1, 0.15) is 12.1 Å². The van der Waals surface area contributed by atoms with Gasteiger partial charge in [0.05, 0.1) is 78.0 Å². The number of para-hydroxylation sites is 7. The van der Waals surface area contributed by atoms with Crippen LogP contribution in [0.5, 0.6) is 0 Å². The van der Waals surface area contributed by atoms with E-state index in [2.05, 4.69) is 251 Å². The van der Waals surface area contributed by atoms with Gasteiger partial charge in [0.25, 0.3) is 0 Å². The van der Waals surface area contributed by atoms with Crippen molar-refractivity contribution in [2.75, 3.05) is 0 Å². The Labute approximate surface area is 407 Å². The van der Waals surface area contributed by atoms with Crippen molar-refractivity contribution in [2.24, 2.45) is 0 Å². The lowest BCUT2D eigenvalue weighted by Gasteiger charge is -2.28. The van der Waals surface area contributed by atoms with E-state index in [1.54, 1.807) is 0 Å². The fraction of sp³-hybridized carbons (Fsp3) is 0.0462. The number of nitriles is 2. The second kappa shape index (κ2) is 14.2. The summed E-state index contributed by atoms with van der Waals surface area (Å²) in [7, 11) is 0. The summed E-state index contributed by atoms with van der Waals surface area (Å²) in [5.41, 5.74) is 15.8. The highest BCUT2D eigenvalue weighted by Crippen LogP contribution is 2.53. The molecular weight excluding hydrogens is 865 g/mol. The smallest absolute Gasteiger partial charge is 0.103 e. The van der Waals surface area contributed by atoms with Gasteiger partial charge in [-0.1, -0.05) is 166 Å². The molecule has 0 aliphatic heterocycles. The highest BCUT2D eigenvalue weighted by Gasteiger charge is 2.38. The van der Waals surface area contributed by atoms with E-state index >= 15 is 0 Å². The minimum Gasteiger partial charge on any atom is -0.306 e. The van der Waals surface area contributed by atoms with Gasteiger partial charge in [-0.2, -0.15) is 10.5 Å². The highest BCUT2D eigenvalue weighted by molar-refractivity contribution is 6.17. The summed E-state index contributed by atoms with van der Waals surface area (Å²) in [4.78, 5) is 0. The van der Waals surface area contributed by atoms with Crippen LogP contribution in [0.1, 0.15) is 36.1 Å². The monoisotopic (exact) mass is 904 g/mol. The van der Waals surface area contributed by atoms with Crippen LogP contribution in [-0.2, 0) is 5.41 Å². The van der Waals surface area contributed by atoms with Crippen LogP contribution in [0.2, 0.25) is 0 Å². The number of fused-ring (bicyclic) bond motifs is 15. The van der Waals surface area contributed by atoms with Crippen molar-refractivity contribution in [1.82, 2.24) is 18.3 Å². The molecular formula is C65H40N6. The molecule has 0 saturated heterocycles. The lowest BCUT2D eigenvalue weighted by atomic mass is 9.82. The molecule has 0 radical (unpaired) electrons. The van der Waals surface area contributed by atoms with Gasteiger partial charge in [0, 0.05) is 48.5 Å². The molecule has 6 heteroatoms. The zero-order valence-electron chi connectivity index (χ0n) is 38.8. The predicted octanol–water partition coefficient (Wildman–Crippen LogP) is 16.1. The summed E-state index contributed by atoms with van der Waals surface area (Å²) in [6.07, 6.45) is 0. The number of rotatable bonds is 4. The molecule has 0 saturated carbocycles. The van der Waals surface area contributed by atoms with E-state index in [0.29, 0.717) is 11.4 Å². The van der Waals surface area contributed by atoms with Gasteiger partial charge in [-0.05, 0) is 76.9 Å². The van der Waals surface area contributed by atoms with Crippen LogP contribution >= 0.6 is 0 Å². The van der Waals surface area contributed by atoms with Crippen LogP contribution in [0, 0.1) is 22.7 Å². The molecule has 0 unspecified atom stereocenters. The first-order valence-corrected chi connectivity index (χ1v) is 24.2. The summed E-state index contributed by atoms with van der Waals surface area (Å²) < 4.78 is 9.31. The number of hydrogen-bond acceptors (Lipinski definition) is 2. The van der Waals surface area contributed by atoms with Gasteiger partial charge in [-0.3, -0.25) is 0 Å². The number of nitrogens with zero attached hydrogens (tertiary/aromatic N) is 6. The number of benzene rings is 10. The van der Waals surface area contributed by atoms with Crippen LogP contribution in [0.15, 0.2) is 206 Å². The molecule has 4 heterocycles. The Morgan fingerprint density at radius 2 is 0.592 bits per heavy atom. The fourth-order valence-corrected chi connectivity index (χ4v) is 12.7. The molecule has 0 amide bonds. The Morgan fingerprint density at radius 1 is 0.296 bits per heavy atom. The molecule has 14 aromatic rings. The third kappa shape index (κ3) is 5.02. The summed E-state index contributed by atoms with van der Waals surface area (Å²) in [5.74, 6) is 0. The third-order valence-electron chi connectivity index (χ3n) is 15.6. The fourth-order valence-electron chi connectivity index (χ4n) is 12.7. The Hall–Kier alpha value is -9.62. The summed E-state index contributed by atoms with van der Waals surface area (Å²) >= 11 is 0. The Morgan fingerprint density at radius 3 is 0.958 bits per heavy atom. The van der Waals surface area contributed by atoms with Crippen molar-refractivity contribution in [1.29, 1.82) is 10.5 Å². The quantitative estimate of drug-likeness (QED) is 0.177. The molecule has 71 heavy (non-hydrogen) atoms. The minimum atomic E-state index is -0.239. The SMILES string of the molecule is CC1(C)c2ccccc2-c2cc3c(cc21)c1ccccc1n3-c1c(C#N)c(C#N)c(-n2c3ccccc3c3ccccc32)c(-n2c3ccccc3c3ccccc32)c1-n1c2ccccc2c2ccccc21. The first-order chi connectivity index (χ1) is 35.0. The van der Waals surface area contributed by atoms with Crippen molar-refractivity contribution < 1.29 is 0 Å². The predicted molar refractivity (Wildman–Crippen MR) is 291 cm³/mol. The van der Waals surface area contributed by atoms with Crippen LogP contribution < -0.4 is 0 Å². The molecule has 0 N–H and O–H groups in total. The van der Waals surface area contributed by atoms with Gasteiger partial charge in [-0.15, -0.1) is 0 Å². The summed E-state index contributed by atoms with van der Waals surface area (Å²) in [6.45, 7) is 4.64. The van der Waals surface area contributed by atoms with E-state index in [1.165, 1.54) is 22.3 Å². The topological polar surface area (TPSA) is 67.3 Å². The van der Waals surface area contributed by atoms with Crippen LogP contribution in [0.4, 0.5) is 0 Å². The number of hydrogen-bond donors (Lipinski definition) is 0. The molecule has 0 spiro atoms.